The van der Waals surface area contributed by atoms with Gasteiger partial charge in [-0.05, 0) is 50.6 Å². The lowest BCUT2D eigenvalue weighted by Gasteiger charge is -2.23. The quantitative estimate of drug-likeness (QED) is 0.617. The maximum absolute atomic E-state index is 11.8. The molecule has 146 valence electrons. The van der Waals surface area contributed by atoms with Gasteiger partial charge in [0.05, 0.1) is 6.10 Å². The van der Waals surface area contributed by atoms with Crippen molar-refractivity contribution in [2.24, 2.45) is 0 Å². The van der Waals surface area contributed by atoms with Gasteiger partial charge < -0.3 is 25.0 Å². The second-order valence-corrected chi connectivity index (χ2v) is 7.30. The number of carbonyl (C=O) groups excluding carboxylic acids is 1. The molecule has 2 aromatic rings. The lowest BCUT2D eigenvalue weighted by atomic mass is 10.0. The third-order valence-corrected chi connectivity index (χ3v) is 3.80. The number of hydrogen-bond donors (Lipinski definition) is 3. The van der Waals surface area contributed by atoms with Crippen LogP contribution in [0.1, 0.15) is 38.0 Å². The number of carbonyl (C=O) groups is 1. The first-order valence-corrected chi connectivity index (χ1v) is 8.83. The Labute approximate surface area is 159 Å². The molecule has 0 heterocycles. The molecule has 1 unspecified atom stereocenters. The Bertz CT molecular complexity index is 740. The molecule has 0 aromatic heterocycles. The molecule has 2 rings (SSSR count). The van der Waals surface area contributed by atoms with Gasteiger partial charge in [0.2, 0.25) is 0 Å². The molecule has 1 atom stereocenters. The number of aliphatic hydroxyl groups is 1. The molecule has 0 aliphatic carbocycles. The summed E-state index contributed by atoms with van der Waals surface area (Å²) in [6, 6.07) is 13.7. The van der Waals surface area contributed by atoms with Crippen molar-refractivity contribution in [2.45, 2.75) is 39.0 Å². The zero-order valence-corrected chi connectivity index (χ0v) is 15.9. The molecule has 0 radical (unpaired) electrons. The Hall–Kier alpha value is -2.57. The molecular weight excluding hydrogens is 346 g/mol. The normalized spacial score (nSPS) is 12.4. The highest BCUT2D eigenvalue weighted by Gasteiger charge is 2.15. The SMILES string of the molecule is CC(C)(C)NCC(O)c1ccc(O)c(COC(=O)COc2ccccc2)c1. The predicted octanol–water partition coefficient (Wildman–Crippen LogP) is 2.94. The van der Waals surface area contributed by atoms with Crippen molar-refractivity contribution in [3.63, 3.8) is 0 Å². The Morgan fingerprint density at radius 1 is 1.15 bits per heavy atom. The summed E-state index contributed by atoms with van der Waals surface area (Å²) in [5.41, 5.74) is 0.946. The lowest BCUT2D eigenvalue weighted by Crippen LogP contribution is -2.38. The van der Waals surface area contributed by atoms with E-state index in [0.29, 0.717) is 23.4 Å². The third-order valence-electron chi connectivity index (χ3n) is 3.80. The first kappa shape index (κ1) is 20.7. The fourth-order valence-corrected chi connectivity index (χ4v) is 2.31. The first-order valence-electron chi connectivity index (χ1n) is 8.83. The summed E-state index contributed by atoms with van der Waals surface area (Å²) < 4.78 is 10.5. The first-order chi connectivity index (χ1) is 12.7. The number of esters is 1. The van der Waals surface area contributed by atoms with Crippen LogP contribution in [0.2, 0.25) is 0 Å². The number of aromatic hydroxyl groups is 1. The van der Waals surface area contributed by atoms with Crippen molar-refractivity contribution in [1.82, 2.24) is 5.32 Å². The fraction of sp³-hybridized carbons (Fsp3) is 0.381. The molecule has 0 aliphatic heterocycles. The number of rotatable bonds is 8. The van der Waals surface area contributed by atoms with Gasteiger partial charge in [0.1, 0.15) is 18.1 Å². The van der Waals surface area contributed by atoms with Crippen LogP contribution in [-0.2, 0) is 16.1 Å². The Balaban J connectivity index is 1.89. The molecule has 27 heavy (non-hydrogen) atoms. The smallest absolute Gasteiger partial charge is 0.344 e. The van der Waals surface area contributed by atoms with E-state index >= 15 is 0 Å². The topological polar surface area (TPSA) is 88.0 Å². The molecule has 3 N–H and O–H groups in total. The van der Waals surface area contributed by atoms with E-state index in [1.807, 2.05) is 39.0 Å². The van der Waals surface area contributed by atoms with E-state index in [0.717, 1.165) is 0 Å². The highest BCUT2D eigenvalue weighted by atomic mass is 16.6. The van der Waals surface area contributed by atoms with Gasteiger partial charge in [-0.2, -0.15) is 0 Å². The fourth-order valence-electron chi connectivity index (χ4n) is 2.31. The van der Waals surface area contributed by atoms with E-state index in [1.54, 1.807) is 24.3 Å². The number of phenolic OH excluding ortho intramolecular Hbond substituents is 1. The standard InChI is InChI=1S/C21H27NO5/c1-21(2,3)22-12-19(24)15-9-10-18(23)16(11-15)13-27-20(25)14-26-17-7-5-4-6-8-17/h4-11,19,22-24H,12-14H2,1-3H3. The Morgan fingerprint density at radius 2 is 1.85 bits per heavy atom. The number of para-hydroxylation sites is 1. The zero-order chi connectivity index (χ0) is 19.9. The van der Waals surface area contributed by atoms with Crippen LogP contribution in [-0.4, -0.2) is 34.9 Å². The molecule has 0 spiro atoms. The van der Waals surface area contributed by atoms with Crippen LogP contribution in [0.15, 0.2) is 48.5 Å². The monoisotopic (exact) mass is 373 g/mol. The van der Waals surface area contributed by atoms with E-state index in [1.165, 1.54) is 6.07 Å². The van der Waals surface area contributed by atoms with Gasteiger partial charge in [-0.25, -0.2) is 4.79 Å². The van der Waals surface area contributed by atoms with Crippen LogP contribution < -0.4 is 10.1 Å². The average molecular weight is 373 g/mol. The molecule has 0 amide bonds. The van der Waals surface area contributed by atoms with Gasteiger partial charge in [-0.3, -0.25) is 0 Å². The minimum Gasteiger partial charge on any atom is -0.508 e. The summed E-state index contributed by atoms with van der Waals surface area (Å²) in [5, 5.41) is 23.5. The van der Waals surface area contributed by atoms with Crippen molar-refractivity contribution in [3.05, 3.63) is 59.7 Å². The number of benzene rings is 2. The van der Waals surface area contributed by atoms with Gasteiger partial charge in [-0.15, -0.1) is 0 Å². The van der Waals surface area contributed by atoms with Crippen molar-refractivity contribution in [3.8, 4) is 11.5 Å². The van der Waals surface area contributed by atoms with E-state index in [2.05, 4.69) is 5.32 Å². The van der Waals surface area contributed by atoms with E-state index in [-0.39, 0.29) is 24.5 Å². The van der Waals surface area contributed by atoms with Crippen molar-refractivity contribution in [1.29, 1.82) is 0 Å². The van der Waals surface area contributed by atoms with Crippen LogP contribution in [0.5, 0.6) is 11.5 Å². The summed E-state index contributed by atoms with van der Waals surface area (Å²) in [6.07, 6.45) is -0.735. The van der Waals surface area contributed by atoms with Gasteiger partial charge >= 0.3 is 5.97 Å². The van der Waals surface area contributed by atoms with Crippen molar-refractivity contribution < 1.29 is 24.5 Å². The van der Waals surface area contributed by atoms with E-state index in [4.69, 9.17) is 9.47 Å². The summed E-state index contributed by atoms with van der Waals surface area (Å²) in [5.74, 6) is 0.0406. The highest BCUT2D eigenvalue weighted by molar-refractivity contribution is 5.71. The van der Waals surface area contributed by atoms with Gasteiger partial charge in [0, 0.05) is 17.6 Å². The maximum atomic E-state index is 11.8. The highest BCUT2D eigenvalue weighted by Crippen LogP contribution is 2.23. The molecule has 6 heteroatoms. The summed E-state index contributed by atoms with van der Waals surface area (Å²) in [7, 11) is 0. The number of ether oxygens (including phenoxy) is 2. The molecule has 0 saturated carbocycles. The van der Waals surface area contributed by atoms with E-state index in [9.17, 15) is 15.0 Å². The number of aliphatic hydroxyl groups excluding tert-OH is 1. The third kappa shape index (κ3) is 7.29. The van der Waals surface area contributed by atoms with Gasteiger partial charge in [0.15, 0.2) is 6.61 Å². The van der Waals surface area contributed by atoms with Crippen LogP contribution >= 0.6 is 0 Å². The van der Waals surface area contributed by atoms with Crippen molar-refractivity contribution in [2.75, 3.05) is 13.2 Å². The predicted molar refractivity (Wildman–Crippen MR) is 103 cm³/mol. The van der Waals surface area contributed by atoms with Crippen LogP contribution in [0.4, 0.5) is 0 Å². The lowest BCUT2D eigenvalue weighted by molar-refractivity contribution is -0.147. The molecule has 6 nitrogen and oxygen atoms in total. The number of hydrogen-bond acceptors (Lipinski definition) is 6. The molecule has 0 bridgehead atoms. The molecular formula is C21H27NO5. The summed E-state index contributed by atoms with van der Waals surface area (Å²) >= 11 is 0. The molecule has 0 saturated heterocycles. The second-order valence-electron chi connectivity index (χ2n) is 7.30. The van der Waals surface area contributed by atoms with Crippen LogP contribution in [0, 0.1) is 0 Å². The van der Waals surface area contributed by atoms with Crippen LogP contribution in [0.25, 0.3) is 0 Å². The number of nitrogens with one attached hydrogen (secondary N) is 1. The van der Waals surface area contributed by atoms with Crippen LogP contribution in [0.3, 0.4) is 0 Å². The average Bonchev–Trinajstić information content (AvgIpc) is 2.64. The summed E-state index contributed by atoms with van der Waals surface area (Å²) in [6.45, 7) is 6.09. The summed E-state index contributed by atoms with van der Waals surface area (Å²) in [4.78, 5) is 11.8. The minimum atomic E-state index is -0.735. The second kappa shape index (κ2) is 9.39. The van der Waals surface area contributed by atoms with E-state index < -0.39 is 12.1 Å². The molecule has 2 aromatic carbocycles. The largest absolute Gasteiger partial charge is 0.508 e. The van der Waals surface area contributed by atoms with Gasteiger partial charge in [-0.1, -0.05) is 24.3 Å². The maximum Gasteiger partial charge on any atom is 0.344 e. The van der Waals surface area contributed by atoms with Gasteiger partial charge in [0.25, 0.3) is 0 Å². The minimum absolute atomic E-state index is 0.00603. The molecule has 0 fully saturated rings. The number of phenols is 1. The molecule has 0 aliphatic rings. The van der Waals surface area contributed by atoms with Crippen molar-refractivity contribution >= 4 is 5.97 Å². The Kier molecular flexibility index (Phi) is 7.21. The Morgan fingerprint density at radius 3 is 2.52 bits per heavy atom. The zero-order valence-electron chi connectivity index (χ0n) is 15.9. The number of β-amino-alcohol motifs (C(OH)–C–C–N with tert-alkyl or cyclic N) is 1.